The SMILES string of the molecule is CC(CCc1ccc(-n2cc3ccccc3n2)cc1)(C(=O)O)S(C)(=O)=O. The maximum Gasteiger partial charge on any atom is 0.324 e. The molecule has 1 unspecified atom stereocenters. The van der Waals surface area contributed by atoms with E-state index in [1.807, 2.05) is 54.7 Å². The molecular weight excluding hydrogens is 352 g/mol. The minimum atomic E-state index is -3.71. The molecule has 0 radical (unpaired) electrons. The lowest BCUT2D eigenvalue weighted by atomic mass is 10.0. The van der Waals surface area contributed by atoms with Crippen LogP contribution < -0.4 is 0 Å². The average molecular weight is 372 g/mol. The summed E-state index contributed by atoms with van der Waals surface area (Å²) >= 11 is 0. The molecule has 136 valence electrons. The lowest BCUT2D eigenvalue weighted by Crippen LogP contribution is -2.43. The van der Waals surface area contributed by atoms with Crippen molar-refractivity contribution in [3.63, 3.8) is 0 Å². The molecule has 1 heterocycles. The molecule has 3 rings (SSSR count). The number of carboxylic acids is 1. The Hall–Kier alpha value is -2.67. The molecule has 0 saturated heterocycles. The lowest BCUT2D eigenvalue weighted by molar-refractivity contribution is -0.139. The number of aryl methyl sites for hydroxylation is 1. The van der Waals surface area contributed by atoms with E-state index >= 15 is 0 Å². The van der Waals surface area contributed by atoms with Crippen molar-refractivity contribution in [3.8, 4) is 5.69 Å². The molecule has 1 N–H and O–H groups in total. The van der Waals surface area contributed by atoms with Gasteiger partial charge in [0.05, 0.1) is 11.2 Å². The minimum absolute atomic E-state index is 0.0200. The van der Waals surface area contributed by atoms with Crippen LogP contribution in [0.15, 0.2) is 54.7 Å². The number of hydrogen-bond donors (Lipinski definition) is 1. The van der Waals surface area contributed by atoms with Gasteiger partial charge in [0.15, 0.2) is 14.6 Å². The summed E-state index contributed by atoms with van der Waals surface area (Å²) in [5.41, 5.74) is 2.66. The summed E-state index contributed by atoms with van der Waals surface area (Å²) in [6, 6.07) is 15.3. The zero-order chi connectivity index (χ0) is 18.9. The molecule has 0 amide bonds. The molecule has 1 aromatic heterocycles. The monoisotopic (exact) mass is 372 g/mol. The normalized spacial score (nSPS) is 14.2. The molecule has 1 atom stereocenters. The summed E-state index contributed by atoms with van der Waals surface area (Å²) in [6.07, 6.45) is 3.28. The van der Waals surface area contributed by atoms with Crippen molar-refractivity contribution in [1.29, 1.82) is 0 Å². The third-order valence-electron chi connectivity index (χ3n) is 4.78. The maximum absolute atomic E-state index is 11.8. The number of sulfone groups is 1. The predicted molar refractivity (Wildman–Crippen MR) is 100 cm³/mol. The van der Waals surface area contributed by atoms with Crippen LogP contribution in [0.5, 0.6) is 0 Å². The van der Waals surface area contributed by atoms with Crippen LogP contribution in [-0.4, -0.2) is 40.3 Å². The smallest absolute Gasteiger partial charge is 0.324 e. The quantitative estimate of drug-likeness (QED) is 0.719. The molecule has 2 aromatic carbocycles. The van der Waals surface area contributed by atoms with Gasteiger partial charge in [-0.15, -0.1) is 0 Å². The van der Waals surface area contributed by atoms with E-state index < -0.39 is 20.6 Å². The van der Waals surface area contributed by atoms with E-state index in [4.69, 9.17) is 0 Å². The third kappa shape index (κ3) is 3.35. The first kappa shape index (κ1) is 18.1. The lowest BCUT2D eigenvalue weighted by Gasteiger charge is -2.22. The summed E-state index contributed by atoms with van der Waals surface area (Å²) in [6.45, 7) is 1.26. The van der Waals surface area contributed by atoms with Gasteiger partial charge in [-0.05, 0) is 43.5 Å². The van der Waals surface area contributed by atoms with E-state index in [0.29, 0.717) is 6.42 Å². The Morgan fingerprint density at radius 1 is 1.15 bits per heavy atom. The second-order valence-corrected chi connectivity index (χ2v) is 9.05. The fourth-order valence-corrected chi connectivity index (χ4v) is 3.54. The van der Waals surface area contributed by atoms with Crippen molar-refractivity contribution in [1.82, 2.24) is 9.78 Å². The van der Waals surface area contributed by atoms with Gasteiger partial charge in [0, 0.05) is 17.8 Å². The van der Waals surface area contributed by atoms with Crippen molar-refractivity contribution >= 4 is 26.7 Å². The Morgan fingerprint density at radius 2 is 1.81 bits per heavy atom. The van der Waals surface area contributed by atoms with Crippen LogP contribution in [0.25, 0.3) is 16.6 Å². The molecule has 26 heavy (non-hydrogen) atoms. The van der Waals surface area contributed by atoms with E-state index in [9.17, 15) is 18.3 Å². The second-order valence-electron chi connectivity index (χ2n) is 6.61. The Labute approximate surface area is 152 Å². The van der Waals surface area contributed by atoms with Crippen LogP contribution in [0.3, 0.4) is 0 Å². The number of hydrogen-bond acceptors (Lipinski definition) is 4. The van der Waals surface area contributed by atoms with E-state index in [-0.39, 0.29) is 6.42 Å². The topological polar surface area (TPSA) is 89.3 Å². The molecule has 0 aliphatic carbocycles. The standard InChI is InChI=1S/C19H20N2O4S/c1-19(18(22)23,26(2,24)25)12-11-14-7-9-16(10-8-14)21-13-15-5-3-4-6-17(15)20-21/h3-10,13H,11-12H2,1-2H3,(H,22,23). The largest absolute Gasteiger partial charge is 0.480 e. The maximum atomic E-state index is 11.8. The van der Waals surface area contributed by atoms with Crippen molar-refractivity contribution in [2.45, 2.75) is 24.5 Å². The summed E-state index contributed by atoms with van der Waals surface area (Å²) in [5, 5.41) is 14.9. The molecule has 0 fully saturated rings. The summed E-state index contributed by atoms with van der Waals surface area (Å²) < 4.78 is 23.7. The Balaban J connectivity index is 1.78. The highest BCUT2D eigenvalue weighted by Crippen LogP contribution is 2.24. The molecule has 7 heteroatoms. The zero-order valence-corrected chi connectivity index (χ0v) is 15.4. The van der Waals surface area contributed by atoms with E-state index in [1.54, 1.807) is 4.68 Å². The Bertz CT molecular complexity index is 1020. The van der Waals surface area contributed by atoms with Crippen LogP contribution in [0.2, 0.25) is 0 Å². The van der Waals surface area contributed by atoms with Crippen LogP contribution in [0, 0.1) is 0 Å². The second kappa shape index (κ2) is 6.57. The van der Waals surface area contributed by atoms with Crippen LogP contribution >= 0.6 is 0 Å². The number of aromatic nitrogens is 2. The number of aliphatic carboxylic acids is 1. The van der Waals surface area contributed by atoms with Gasteiger partial charge in [-0.1, -0.05) is 30.3 Å². The van der Waals surface area contributed by atoms with Gasteiger partial charge >= 0.3 is 5.97 Å². The van der Waals surface area contributed by atoms with Crippen molar-refractivity contribution in [2.75, 3.05) is 6.26 Å². The highest BCUT2D eigenvalue weighted by atomic mass is 32.2. The van der Waals surface area contributed by atoms with Crippen molar-refractivity contribution in [2.24, 2.45) is 0 Å². The van der Waals surface area contributed by atoms with Crippen molar-refractivity contribution in [3.05, 3.63) is 60.3 Å². The van der Waals surface area contributed by atoms with Gasteiger partial charge < -0.3 is 5.11 Å². The van der Waals surface area contributed by atoms with Crippen LogP contribution in [0.4, 0.5) is 0 Å². The first-order valence-electron chi connectivity index (χ1n) is 8.17. The molecular formula is C19H20N2O4S. The van der Waals surface area contributed by atoms with E-state index in [1.165, 1.54) is 6.92 Å². The fourth-order valence-electron chi connectivity index (χ4n) is 2.75. The number of carbonyl (C=O) groups is 1. The summed E-state index contributed by atoms with van der Waals surface area (Å²) in [4.78, 5) is 11.4. The average Bonchev–Trinajstić information content (AvgIpc) is 3.03. The van der Waals surface area contributed by atoms with Crippen molar-refractivity contribution < 1.29 is 18.3 Å². The van der Waals surface area contributed by atoms with Gasteiger partial charge in [0.1, 0.15) is 0 Å². The first-order chi connectivity index (χ1) is 12.2. The predicted octanol–water partition coefficient (Wildman–Crippen LogP) is 2.85. The number of fused-ring (bicyclic) bond motifs is 1. The molecule has 0 bridgehead atoms. The van der Waals surface area contributed by atoms with Crippen LogP contribution in [0.1, 0.15) is 18.9 Å². The molecule has 0 spiro atoms. The van der Waals surface area contributed by atoms with Gasteiger partial charge in [-0.25, -0.2) is 13.1 Å². The number of nitrogens with zero attached hydrogens (tertiary/aromatic N) is 2. The molecule has 3 aromatic rings. The van der Waals surface area contributed by atoms with E-state index in [2.05, 4.69) is 5.10 Å². The highest BCUT2D eigenvalue weighted by molar-refractivity contribution is 7.92. The summed E-state index contributed by atoms with van der Waals surface area (Å²) in [5.74, 6) is -1.32. The molecule has 0 aliphatic heterocycles. The van der Waals surface area contributed by atoms with Gasteiger partial charge in [0.25, 0.3) is 0 Å². The number of carboxylic acid groups (broad SMARTS) is 1. The van der Waals surface area contributed by atoms with Crippen LogP contribution in [-0.2, 0) is 21.1 Å². The van der Waals surface area contributed by atoms with Gasteiger partial charge in [0.2, 0.25) is 0 Å². The first-order valence-corrected chi connectivity index (χ1v) is 10.1. The zero-order valence-electron chi connectivity index (χ0n) is 14.6. The summed E-state index contributed by atoms with van der Waals surface area (Å²) in [7, 11) is -3.71. The highest BCUT2D eigenvalue weighted by Gasteiger charge is 2.43. The van der Waals surface area contributed by atoms with E-state index in [0.717, 1.165) is 28.4 Å². The molecule has 0 saturated carbocycles. The van der Waals surface area contributed by atoms with Gasteiger partial charge in [-0.3, -0.25) is 4.79 Å². The fraction of sp³-hybridized carbons (Fsp3) is 0.263. The number of benzene rings is 2. The minimum Gasteiger partial charge on any atom is -0.480 e. The number of rotatable bonds is 6. The Morgan fingerprint density at radius 3 is 2.38 bits per heavy atom. The van der Waals surface area contributed by atoms with Gasteiger partial charge in [-0.2, -0.15) is 5.10 Å². The molecule has 0 aliphatic rings. The Kier molecular flexibility index (Phi) is 4.58. The molecule has 6 nitrogen and oxygen atoms in total. The third-order valence-corrected chi connectivity index (χ3v) is 6.79.